The molecule has 0 saturated heterocycles. The third kappa shape index (κ3) is 3.62. The lowest BCUT2D eigenvalue weighted by Crippen LogP contribution is -2.43. The molecule has 0 spiro atoms. The number of aliphatic hydroxyl groups excluding tert-OH is 1. The number of carbonyl (C=O) groups excluding carboxylic acids is 1. The van der Waals surface area contributed by atoms with Gasteiger partial charge in [0.25, 0.3) is 0 Å². The zero-order valence-corrected chi connectivity index (χ0v) is 5.78. The van der Waals surface area contributed by atoms with E-state index in [4.69, 9.17) is 18.1 Å². The first-order chi connectivity index (χ1) is 5.11. The zero-order valence-electron chi connectivity index (χ0n) is 5.78. The van der Waals surface area contributed by atoms with Gasteiger partial charge in [0.1, 0.15) is 6.04 Å². The van der Waals surface area contributed by atoms with Crippen LogP contribution in [0.4, 0.5) is 0 Å². The molecule has 11 heavy (non-hydrogen) atoms. The monoisotopic (exact) mass is 157 g/mol. The Hall–Kier alpha value is -1.04. The fraction of sp³-hybridized carbons (Fsp3) is 0.600. The fourth-order valence-corrected chi connectivity index (χ4v) is 0.439. The summed E-state index contributed by atoms with van der Waals surface area (Å²) in [5.41, 5.74) is 0. The molecular weight excluding hydrogens is 149 g/mol. The number of aliphatic hydroxyl groups is 1. The van der Waals surface area contributed by atoms with Gasteiger partial charge in [-0.15, -0.1) is 0 Å². The van der Waals surface area contributed by atoms with E-state index in [-0.39, 0.29) is 6.32 Å². The number of carboxylic acid groups (broad SMARTS) is 1. The minimum absolute atomic E-state index is 0.288. The van der Waals surface area contributed by atoms with Gasteiger partial charge >= 0.3 is 5.97 Å². The van der Waals surface area contributed by atoms with Crippen LogP contribution in [0, 0.1) is 0 Å². The Morgan fingerprint density at radius 2 is 2.09 bits per heavy atom. The van der Waals surface area contributed by atoms with E-state index in [1.54, 1.807) is 0 Å². The second-order valence-corrected chi connectivity index (χ2v) is 1.85. The number of nitrogens with one attached hydrogen (secondary N) is 1. The van der Waals surface area contributed by atoms with Gasteiger partial charge in [-0.25, -0.2) is 4.79 Å². The third-order valence-electron chi connectivity index (χ3n) is 1.00. The standard InChI is InChI=1S/C5H8BNO4/c6-1-4(9)7-3(2-8)5(10)11/h3,8H,1-2H2,(H,7,9)(H,10,11)/t3-/m0/s1. The van der Waals surface area contributed by atoms with Crippen molar-refractivity contribution >= 4 is 19.7 Å². The number of hydrogen-bond donors (Lipinski definition) is 3. The van der Waals surface area contributed by atoms with Crippen molar-refractivity contribution in [2.24, 2.45) is 0 Å². The molecule has 0 rings (SSSR count). The first-order valence-electron chi connectivity index (χ1n) is 2.95. The molecule has 60 valence electrons. The van der Waals surface area contributed by atoms with Crippen LogP contribution in [0.3, 0.4) is 0 Å². The number of hydrogen-bond acceptors (Lipinski definition) is 3. The van der Waals surface area contributed by atoms with Crippen LogP contribution in [-0.4, -0.2) is 42.6 Å². The second kappa shape index (κ2) is 4.73. The van der Waals surface area contributed by atoms with Crippen molar-refractivity contribution in [1.82, 2.24) is 5.32 Å². The lowest BCUT2D eigenvalue weighted by Gasteiger charge is -2.09. The minimum Gasteiger partial charge on any atom is -0.480 e. The van der Waals surface area contributed by atoms with Crippen molar-refractivity contribution in [2.45, 2.75) is 12.4 Å². The van der Waals surface area contributed by atoms with Crippen molar-refractivity contribution in [2.75, 3.05) is 6.61 Å². The molecule has 1 amide bonds. The van der Waals surface area contributed by atoms with Crippen LogP contribution in [0.5, 0.6) is 0 Å². The molecule has 0 aromatic heterocycles. The average molecular weight is 157 g/mol. The van der Waals surface area contributed by atoms with Gasteiger partial charge in [0.2, 0.25) is 5.91 Å². The van der Waals surface area contributed by atoms with Crippen LogP contribution in [0.1, 0.15) is 0 Å². The van der Waals surface area contributed by atoms with Crippen LogP contribution in [0.15, 0.2) is 0 Å². The largest absolute Gasteiger partial charge is 0.480 e. The number of carboxylic acids is 1. The highest BCUT2D eigenvalue weighted by Crippen LogP contribution is 1.83. The second-order valence-electron chi connectivity index (χ2n) is 1.85. The van der Waals surface area contributed by atoms with E-state index in [0.29, 0.717) is 0 Å². The molecule has 0 aliphatic heterocycles. The van der Waals surface area contributed by atoms with Gasteiger partial charge in [0.15, 0.2) is 0 Å². The Balaban J connectivity index is 3.88. The summed E-state index contributed by atoms with van der Waals surface area (Å²) in [6.07, 6.45) is -0.288. The van der Waals surface area contributed by atoms with Gasteiger partial charge in [-0.1, -0.05) is 0 Å². The summed E-state index contributed by atoms with van der Waals surface area (Å²) < 4.78 is 0. The quantitative estimate of drug-likeness (QED) is 0.417. The Morgan fingerprint density at radius 1 is 1.55 bits per heavy atom. The molecule has 0 heterocycles. The summed E-state index contributed by atoms with van der Waals surface area (Å²) in [5, 5.41) is 18.7. The summed E-state index contributed by atoms with van der Waals surface area (Å²) in [7, 11) is 4.89. The first kappa shape index (κ1) is 9.96. The Morgan fingerprint density at radius 3 is 2.36 bits per heavy atom. The topological polar surface area (TPSA) is 86.6 Å². The van der Waals surface area contributed by atoms with E-state index in [2.05, 4.69) is 0 Å². The molecule has 0 aliphatic carbocycles. The summed E-state index contributed by atoms with van der Waals surface area (Å²) >= 11 is 0. The van der Waals surface area contributed by atoms with Crippen LogP contribution in [0.25, 0.3) is 0 Å². The zero-order chi connectivity index (χ0) is 8.85. The molecule has 2 radical (unpaired) electrons. The maximum atomic E-state index is 10.5. The summed E-state index contributed by atoms with van der Waals surface area (Å²) in [6, 6.07) is -1.26. The van der Waals surface area contributed by atoms with Crippen molar-refractivity contribution in [3.8, 4) is 0 Å². The molecule has 6 heteroatoms. The number of carbonyl (C=O) groups is 2. The van der Waals surface area contributed by atoms with Gasteiger partial charge in [0, 0.05) is 0 Å². The molecule has 0 bridgehead atoms. The van der Waals surface area contributed by atoms with Crippen molar-refractivity contribution in [3.05, 3.63) is 0 Å². The molecule has 5 nitrogen and oxygen atoms in total. The highest BCUT2D eigenvalue weighted by molar-refractivity contribution is 6.19. The van der Waals surface area contributed by atoms with Gasteiger partial charge in [-0.3, -0.25) is 4.79 Å². The third-order valence-corrected chi connectivity index (χ3v) is 1.00. The van der Waals surface area contributed by atoms with E-state index in [1.165, 1.54) is 0 Å². The summed E-state index contributed by atoms with van der Waals surface area (Å²) in [4.78, 5) is 20.6. The predicted octanol–water partition coefficient (Wildman–Crippen LogP) is -1.87. The lowest BCUT2D eigenvalue weighted by molar-refractivity contribution is -0.142. The summed E-state index contributed by atoms with van der Waals surface area (Å²) in [5.74, 6) is -1.89. The number of rotatable bonds is 4. The van der Waals surface area contributed by atoms with Crippen LogP contribution in [0.2, 0.25) is 6.32 Å². The minimum atomic E-state index is -1.28. The van der Waals surface area contributed by atoms with Crippen molar-refractivity contribution < 1.29 is 19.8 Å². The fourth-order valence-electron chi connectivity index (χ4n) is 0.439. The smallest absolute Gasteiger partial charge is 0.328 e. The molecule has 0 aromatic carbocycles. The van der Waals surface area contributed by atoms with E-state index in [1.807, 2.05) is 5.32 Å². The summed E-state index contributed by atoms with van der Waals surface area (Å²) in [6.45, 7) is -0.638. The SMILES string of the molecule is [B]CC(=O)N[C@@H](CO)C(=O)O. The number of amides is 1. The van der Waals surface area contributed by atoms with E-state index in [9.17, 15) is 9.59 Å². The molecule has 0 fully saturated rings. The molecule has 0 saturated carbocycles. The van der Waals surface area contributed by atoms with Gasteiger partial charge in [-0.2, -0.15) is 0 Å². The van der Waals surface area contributed by atoms with Crippen LogP contribution < -0.4 is 5.32 Å². The molecule has 1 atom stereocenters. The van der Waals surface area contributed by atoms with Crippen molar-refractivity contribution in [1.29, 1.82) is 0 Å². The Labute approximate surface area is 64.8 Å². The molecule has 0 unspecified atom stereocenters. The Bertz CT molecular complexity index is 161. The molecule has 0 aromatic rings. The lowest BCUT2D eigenvalue weighted by atomic mass is 10.0. The highest BCUT2D eigenvalue weighted by Gasteiger charge is 2.16. The van der Waals surface area contributed by atoms with Gasteiger partial charge in [-0.05, 0) is 6.32 Å². The maximum absolute atomic E-state index is 10.5. The Kier molecular flexibility index (Phi) is 4.29. The van der Waals surface area contributed by atoms with Crippen LogP contribution >= 0.6 is 0 Å². The molecule has 0 aliphatic rings. The number of aliphatic carboxylic acids is 1. The van der Waals surface area contributed by atoms with Crippen LogP contribution in [-0.2, 0) is 9.59 Å². The highest BCUT2D eigenvalue weighted by atomic mass is 16.4. The molecule has 3 N–H and O–H groups in total. The predicted molar refractivity (Wildman–Crippen MR) is 37.2 cm³/mol. The van der Waals surface area contributed by atoms with Crippen molar-refractivity contribution in [3.63, 3.8) is 0 Å². The van der Waals surface area contributed by atoms with Gasteiger partial charge in [0.05, 0.1) is 14.5 Å². The van der Waals surface area contributed by atoms with E-state index >= 15 is 0 Å². The average Bonchev–Trinajstić information content (AvgIpc) is 1.99. The van der Waals surface area contributed by atoms with E-state index < -0.39 is 24.5 Å². The van der Waals surface area contributed by atoms with Gasteiger partial charge < -0.3 is 15.5 Å². The first-order valence-corrected chi connectivity index (χ1v) is 2.95. The normalized spacial score (nSPS) is 12.1. The van der Waals surface area contributed by atoms with E-state index in [0.717, 1.165) is 0 Å². The molecular formula is C5H8BNO4. The maximum Gasteiger partial charge on any atom is 0.328 e.